The predicted molar refractivity (Wildman–Crippen MR) is 110 cm³/mol. The topological polar surface area (TPSA) is 54.5 Å². The second kappa shape index (κ2) is 7.74. The molecule has 4 rings (SSSR count). The average Bonchev–Trinajstić information content (AvgIpc) is 3.05. The van der Waals surface area contributed by atoms with Gasteiger partial charge in [0.15, 0.2) is 5.13 Å². The molecule has 140 valence electrons. The Morgan fingerprint density at radius 2 is 2.07 bits per heavy atom. The maximum Gasteiger partial charge on any atom is 0.226 e. The van der Waals surface area contributed by atoms with E-state index in [1.54, 1.807) is 18.4 Å². The smallest absolute Gasteiger partial charge is 0.226 e. The van der Waals surface area contributed by atoms with Gasteiger partial charge in [0.05, 0.1) is 17.7 Å². The Morgan fingerprint density at radius 1 is 1.30 bits per heavy atom. The molecule has 2 aromatic carbocycles. The molecule has 0 radical (unpaired) electrons. The number of hydrogen-bond donors (Lipinski definition) is 1. The number of hydrogen-bond acceptors (Lipinski definition) is 5. The van der Waals surface area contributed by atoms with Crippen LogP contribution < -0.4 is 15.0 Å². The largest absolute Gasteiger partial charge is 0.494 e. The molecule has 5 nitrogen and oxygen atoms in total. The van der Waals surface area contributed by atoms with Crippen LogP contribution in [0.4, 0.5) is 5.13 Å². The van der Waals surface area contributed by atoms with E-state index in [1.807, 2.05) is 42.5 Å². The summed E-state index contributed by atoms with van der Waals surface area (Å²) in [5, 5.41) is 4.70. The zero-order valence-corrected chi connectivity index (χ0v) is 16.5. The summed E-state index contributed by atoms with van der Waals surface area (Å²) in [5.74, 6) is 0.912. The van der Waals surface area contributed by atoms with Crippen molar-refractivity contribution in [2.45, 2.75) is 6.42 Å². The SMILES string of the molecule is COc1cccc2sc(N3CC(C(=O)NCCc4ccc(Cl)cc4)C3)nc12. The number of ether oxygens (including phenoxy) is 1. The van der Waals surface area contributed by atoms with Crippen LogP contribution in [-0.4, -0.2) is 37.6 Å². The third kappa shape index (κ3) is 3.87. The molecule has 3 aromatic rings. The monoisotopic (exact) mass is 401 g/mol. The molecule has 0 bridgehead atoms. The van der Waals surface area contributed by atoms with Crippen LogP contribution in [-0.2, 0) is 11.2 Å². The van der Waals surface area contributed by atoms with Gasteiger partial charge < -0.3 is 15.0 Å². The fraction of sp³-hybridized carbons (Fsp3) is 0.300. The third-order valence-electron chi connectivity index (χ3n) is 4.74. The van der Waals surface area contributed by atoms with Crippen molar-refractivity contribution >= 4 is 44.2 Å². The molecule has 1 fully saturated rings. The van der Waals surface area contributed by atoms with E-state index in [-0.39, 0.29) is 11.8 Å². The highest BCUT2D eigenvalue weighted by atomic mass is 35.5. The quantitative estimate of drug-likeness (QED) is 0.683. The number of benzene rings is 2. The van der Waals surface area contributed by atoms with Gasteiger partial charge in [-0.15, -0.1) is 0 Å². The molecule has 1 saturated heterocycles. The lowest BCUT2D eigenvalue weighted by atomic mass is 10.00. The Labute approximate surface area is 166 Å². The highest BCUT2D eigenvalue weighted by Gasteiger charge is 2.34. The van der Waals surface area contributed by atoms with Crippen molar-refractivity contribution in [3.8, 4) is 5.75 Å². The van der Waals surface area contributed by atoms with Gasteiger partial charge in [-0.25, -0.2) is 4.98 Å². The zero-order valence-electron chi connectivity index (χ0n) is 14.9. The Hall–Kier alpha value is -2.31. The van der Waals surface area contributed by atoms with E-state index in [9.17, 15) is 4.79 Å². The normalized spacial score (nSPS) is 14.2. The molecule has 1 N–H and O–H groups in total. The van der Waals surface area contributed by atoms with Crippen LogP contribution in [0.3, 0.4) is 0 Å². The number of methoxy groups -OCH3 is 1. The van der Waals surface area contributed by atoms with Crippen LogP contribution in [0.5, 0.6) is 5.75 Å². The van der Waals surface area contributed by atoms with Crippen molar-refractivity contribution < 1.29 is 9.53 Å². The van der Waals surface area contributed by atoms with Crippen LogP contribution in [0, 0.1) is 5.92 Å². The number of fused-ring (bicyclic) bond motifs is 1. The number of amides is 1. The average molecular weight is 402 g/mol. The van der Waals surface area contributed by atoms with E-state index in [2.05, 4.69) is 15.2 Å². The maximum atomic E-state index is 12.3. The number of carbonyl (C=O) groups excluding carboxylic acids is 1. The van der Waals surface area contributed by atoms with Crippen LogP contribution in [0.2, 0.25) is 5.02 Å². The summed E-state index contributed by atoms with van der Waals surface area (Å²) in [6.07, 6.45) is 0.803. The number of thiazole rings is 1. The first-order chi connectivity index (χ1) is 13.1. The van der Waals surface area contributed by atoms with Crippen LogP contribution >= 0.6 is 22.9 Å². The van der Waals surface area contributed by atoms with Crippen LogP contribution in [0.1, 0.15) is 5.56 Å². The molecule has 1 aliphatic rings. The summed E-state index contributed by atoms with van der Waals surface area (Å²) in [7, 11) is 1.65. The van der Waals surface area contributed by atoms with Crippen molar-refractivity contribution in [1.29, 1.82) is 0 Å². The van der Waals surface area contributed by atoms with E-state index in [1.165, 1.54) is 5.56 Å². The number of anilines is 1. The maximum absolute atomic E-state index is 12.3. The molecule has 0 unspecified atom stereocenters. The second-order valence-corrected chi connectivity index (χ2v) is 8.02. The molecule has 27 heavy (non-hydrogen) atoms. The van der Waals surface area contributed by atoms with Gasteiger partial charge in [-0.1, -0.05) is 41.1 Å². The van der Waals surface area contributed by atoms with Gasteiger partial charge in [0.25, 0.3) is 0 Å². The number of carbonyl (C=O) groups is 1. The second-order valence-electron chi connectivity index (χ2n) is 6.57. The van der Waals surface area contributed by atoms with Gasteiger partial charge in [-0.05, 0) is 36.2 Å². The van der Waals surface area contributed by atoms with Gasteiger partial charge in [0.2, 0.25) is 5.91 Å². The molecule has 1 amide bonds. The van der Waals surface area contributed by atoms with Gasteiger partial charge in [0, 0.05) is 24.7 Å². The highest BCUT2D eigenvalue weighted by Crippen LogP contribution is 2.36. The number of nitrogens with one attached hydrogen (secondary N) is 1. The van der Waals surface area contributed by atoms with Gasteiger partial charge >= 0.3 is 0 Å². The minimum absolute atomic E-state index is 0.0177. The summed E-state index contributed by atoms with van der Waals surface area (Å²) >= 11 is 7.52. The van der Waals surface area contributed by atoms with Gasteiger partial charge in [-0.2, -0.15) is 0 Å². The first-order valence-electron chi connectivity index (χ1n) is 8.84. The lowest BCUT2D eigenvalue weighted by molar-refractivity contribution is -0.125. The highest BCUT2D eigenvalue weighted by molar-refractivity contribution is 7.22. The summed E-state index contributed by atoms with van der Waals surface area (Å²) in [6.45, 7) is 2.04. The Balaban J connectivity index is 1.28. The number of para-hydroxylation sites is 1. The standard InChI is InChI=1S/C20H20ClN3O2S/c1-26-16-3-2-4-17-18(16)23-20(27-17)24-11-14(12-24)19(25)22-10-9-13-5-7-15(21)8-6-13/h2-8,14H,9-12H2,1H3,(H,22,25). The molecule has 0 saturated carbocycles. The van der Waals surface area contributed by atoms with Crippen LogP contribution in [0.25, 0.3) is 10.2 Å². The zero-order chi connectivity index (χ0) is 18.8. The first-order valence-corrected chi connectivity index (χ1v) is 10.0. The summed E-state index contributed by atoms with van der Waals surface area (Å²) in [4.78, 5) is 19.2. The summed E-state index contributed by atoms with van der Waals surface area (Å²) < 4.78 is 6.47. The molecular weight excluding hydrogens is 382 g/mol. The van der Waals surface area contributed by atoms with Crippen molar-refractivity contribution in [3.05, 3.63) is 53.1 Å². The Kier molecular flexibility index (Phi) is 5.18. The molecule has 1 aromatic heterocycles. The molecule has 0 atom stereocenters. The lowest BCUT2D eigenvalue weighted by Gasteiger charge is -2.37. The Bertz CT molecular complexity index is 952. The molecule has 1 aliphatic heterocycles. The molecule has 0 aliphatic carbocycles. The minimum atomic E-state index is 0.0177. The minimum Gasteiger partial charge on any atom is -0.494 e. The third-order valence-corrected chi connectivity index (χ3v) is 6.07. The van der Waals surface area contributed by atoms with E-state index in [0.717, 1.165) is 32.5 Å². The predicted octanol–water partition coefficient (Wildman–Crippen LogP) is 3.75. The first kappa shape index (κ1) is 18.1. The van der Waals surface area contributed by atoms with Crippen molar-refractivity contribution in [3.63, 3.8) is 0 Å². The van der Waals surface area contributed by atoms with E-state index in [0.29, 0.717) is 19.6 Å². The Morgan fingerprint density at radius 3 is 2.81 bits per heavy atom. The fourth-order valence-corrected chi connectivity index (χ4v) is 4.26. The van der Waals surface area contributed by atoms with Crippen LogP contribution in [0.15, 0.2) is 42.5 Å². The molecule has 7 heteroatoms. The van der Waals surface area contributed by atoms with E-state index < -0.39 is 0 Å². The number of aromatic nitrogens is 1. The number of nitrogens with zero attached hydrogens (tertiary/aromatic N) is 2. The molecule has 2 heterocycles. The van der Waals surface area contributed by atoms with E-state index >= 15 is 0 Å². The fourth-order valence-electron chi connectivity index (χ4n) is 3.14. The van der Waals surface area contributed by atoms with Gasteiger partial charge in [-0.3, -0.25) is 4.79 Å². The van der Waals surface area contributed by atoms with Crippen molar-refractivity contribution in [2.75, 3.05) is 31.6 Å². The summed E-state index contributed by atoms with van der Waals surface area (Å²) in [6, 6.07) is 13.6. The van der Waals surface area contributed by atoms with Crippen molar-refractivity contribution in [2.24, 2.45) is 5.92 Å². The van der Waals surface area contributed by atoms with E-state index in [4.69, 9.17) is 16.3 Å². The van der Waals surface area contributed by atoms with Crippen molar-refractivity contribution in [1.82, 2.24) is 10.3 Å². The molecule has 0 spiro atoms. The molecular formula is C20H20ClN3O2S. The summed E-state index contributed by atoms with van der Waals surface area (Å²) in [5.41, 5.74) is 2.05. The number of halogens is 1. The number of rotatable bonds is 6. The lowest BCUT2D eigenvalue weighted by Crippen LogP contribution is -2.54. The van der Waals surface area contributed by atoms with Gasteiger partial charge in [0.1, 0.15) is 11.3 Å².